The van der Waals surface area contributed by atoms with E-state index in [4.69, 9.17) is 5.11 Å². The van der Waals surface area contributed by atoms with Crippen molar-refractivity contribution in [2.24, 2.45) is 0 Å². The van der Waals surface area contributed by atoms with Crippen LogP contribution in [0.1, 0.15) is 28.9 Å². The Balaban J connectivity index is 2.12. The number of rotatable bonds is 5. The number of carboxylic acid groups (broad SMARTS) is 1. The Kier molecular flexibility index (Phi) is 3.89. The van der Waals surface area contributed by atoms with Gasteiger partial charge in [-0.15, -0.1) is 5.10 Å². The fourth-order valence-electron chi connectivity index (χ4n) is 1.82. The van der Waals surface area contributed by atoms with E-state index in [0.717, 1.165) is 5.56 Å². The summed E-state index contributed by atoms with van der Waals surface area (Å²) in [5.41, 5.74) is 3.59. The number of benzene rings is 1. The Hall–Kier alpha value is -2.24. The number of nitrogens with zero attached hydrogens (tertiary/aromatic N) is 4. The minimum atomic E-state index is -0.854. The van der Waals surface area contributed by atoms with E-state index in [0.29, 0.717) is 18.8 Å². The summed E-state index contributed by atoms with van der Waals surface area (Å²) in [5.74, 6) is -0.169. The lowest BCUT2D eigenvalue weighted by atomic mass is 10.0. The summed E-state index contributed by atoms with van der Waals surface area (Å²) >= 11 is 0. The van der Waals surface area contributed by atoms with E-state index in [1.165, 1.54) is 11.1 Å². The summed E-state index contributed by atoms with van der Waals surface area (Å²) in [5, 5.41) is 20.1. The summed E-state index contributed by atoms with van der Waals surface area (Å²) in [6, 6.07) is 6.21. The maximum Gasteiger partial charge on any atom is 0.305 e. The fraction of sp³-hybridized carbons (Fsp3) is 0.385. The van der Waals surface area contributed by atoms with Crippen LogP contribution in [0.15, 0.2) is 18.2 Å². The highest BCUT2D eigenvalue weighted by Gasteiger charge is 2.09. The largest absolute Gasteiger partial charge is 0.481 e. The van der Waals surface area contributed by atoms with Crippen molar-refractivity contribution in [3.63, 3.8) is 0 Å². The molecule has 0 bridgehead atoms. The lowest BCUT2D eigenvalue weighted by molar-refractivity contribution is -0.137. The zero-order valence-corrected chi connectivity index (χ0v) is 11.0. The molecule has 0 fully saturated rings. The van der Waals surface area contributed by atoms with Gasteiger partial charge >= 0.3 is 5.97 Å². The van der Waals surface area contributed by atoms with E-state index in [1.807, 2.05) is 6.07 Å². The molecule has 6 nitrogen and oxygen atoms in total. The molecule has 0 saturated carbocycles. The first-order valence-electron chi connectivity index (χ1n) is 6.09. The average molecular weight is 260 g/mol. The smallest absolute Gasteiger partial charge is 0.305 e. The van der Waals surface area contributed by atoms with E-state index in [-0.39, 0.29) is 6.42 Å². The first kappa shape index (κ1) is 13.2. The quantitative estimate of drug-likeness (QED) is 0.877. The van der Waals surface area contributed by atoms with Gasteiger partial charge in [-0.25, -0.2) is 4.68 Å². The first-order chi connectivity index (χ1) is 9.06. The minimum absolute atomic E-state index is 0.0188. The molecule has 0 radical (unpaired) electrons. The molecule has 1 aromatic heterocycles. The van der Waals surface area contributed by atoms with Crippen LogP contribution >= 0.6 is 0 Å². The SMILES string of the molecule is Cc1ccc(Cc2nnnn2CCC(=O)O)cc1C. The topological polar surface area (TPSA) is 80.9 Å². The predicted molar refractivity (Wildman–Crippen MR) is 68.8 cm³/mol. The molecule has 0 unspecified atom stereocenters. The fourth-order valence-corrected chi connectivity index (χ4v) is 1.82. The summed E-state index contributed by atoms with van der Waals surface area (Å²) in [4.78, 5) is 10.6. The van der Waals surface area contributed by atoms with Crippen LogP contribution in [0.2, 0.25) is 0 Å². The first-order valence-corrected chi connectivity index (χ1v) is 6.09. The molecule has 1 heterocycles. The highest BCUT2D eigenvalue weighted by Crippen LogP contribution is 2.12. The second-order valence-electron chi connectivity index (χ2n) is 4.56. The Morgan fingerprint density at radius 1 is 1.32 bits per heavy atom. The van der Waals surface area contributed by atoms with Crippen LogP contribution in [0, 0.1) is 13.8 Å². The Morgan fingerprint density at radius 3 is 2.79 bits per heavy atom. The number of carbonyl (C=O) groups is 1. The lowest BCUT2D eigenvalue weighted by Crippen LogP contribution is -2.10. The molecule has 100 valence electrons. The van der Waals surface area contributed by atoms with E-state index >= 15 is 0 Å². The second kappa shape index (κ2) is 5.60. The zero-order valence-electron chi connectivity index (χ0n) is 11.0. The van der Waals surface area contributed by atoms with Crippen LogP contribution in [0.3, 0.4) is 0 Å². The van der Waals surface area contributed by atoms with Crippen LogP contribution in [0.4, 0.5) is 0 Å². The number of hydrogen-bond acceptors (Lipinski definition) is 4. The standard InChI is InChI=1S/C13H16N4O2/c1-9-3-4-11(7-10(9)2)8-12-14-15-16-17(12)6-5-13(18)19/h3-4,7H,5-6,8H2,1-2H3,(H,18,19). The van der Waals surface area contributed by atoms with Gasteiger partial charge in [-0.3, -0.25) is 4.79 Å². The minimum Gasteiger partial charge on any atom is -0.481 e. The normalized spacial score (nSPS) is 10.6. The van der Waals surface area contributed by atoms with E-state index in [1.54, 1.807) is 4.68 Å². The summed E-state index contributed by atoms with van der Waals surface area (Å²) < 4.78 is 1.54. The Bertz CT molecular complexity index is 592. The van der Waals surface area contributed by atoms with Gasteiger partial charge in [-0.05, 0) is 41.0 Å². The molecule has 2 rings (SSSR count). The number of tetrazole rings is 1. The number of aliphatic carboxylic acids is 1. The van der Waals surface area contributed by atoms with Gasteiger partial charge in [0.25, 0.3) is 0 Å². The van der Waals surface area contributed by atoms with Crippen molar-refractivity contribution in [3.05, 3.63) is 40.7 Å². The summed E-state index contributed by atoms with van der Waals surface area (Å²) in [6.45, 7) is 4.42. The van der Waals surface area contributed by atoms with Gasteiger partial charge in [-0.2, -0.15) is 0 Å². The van der Waals surface area contributed by atoms with Gasteiger partial charge < -0.3 is 5.11 Å². The van der Waals surface area contributed by atoms with Gasteiger partial charge in [-0.1, -0.05) is 18.2 Å². The average Bonchev–Trinajstić information content (AvgIpc) is 2.79. The molecule has 0 amide bonds. The number of carboxylic acids is 1. The van der Waals surface area contributed by atoms with Gasteiger partial charge in [0.2, 0.25) is 0 Å². The van der Waals surface area contributed by atoms with Crippen molar-refractivity contribution >= 4 is 5.97 Å². The van der Waals surface area contributed by atoms with Crippen molar-refractivity contribution in [2.45, 2.75) is 33.2 Å². The lowest BCUT2D eigenvalue weighted by Gasteiger charge is -2.05. The third kappa shape index (κ3) is 3.37. The van der Waals surface area contributed by atoms with Crippen molar-refractivity contribution in [1.29, 1.82) is 0 Å². The van der Waals surface area contributed by atoms with Crippen LogP contribution in [0.5, 0.6) is 0 Å². The number of hydrogen-bond donors (Lipinski definition) is 1. The van der Waals surface area contributed by atoms with Crippen molar-refractivity contribution in [3.8, 4) is 0 Å². The molecular weight excluding hydrogens is 244 g/mol. The number of aryl methyl sites for hydroxylation is 3. The van der Waals surface area contributed by atoms with Crippen LogP contribution in [0.25, 0.3) is 0 Å². The van der Waals surface area contributed by atoms with Gasteiger partial charge in [0.05, 0.1) is 13.0 Å². The molecule has 0 aliphatic heterocycles. The van der Waals surface area contributed by atoms with Gasteiger partial charge in [0.15, 0.2) is 5.82 Å². The molecule has 0 aliphatic rings. The highest BCUT2D eigenvalue weighted by molar-refractivity contribution is 5.66. The molecule has 0 spiro atoms. The van der Waals surface area contributed by atoms with Crippen molar-refractivity contribution in [1.82, 2.24) is 20.2 Å². The number of aromatic nitrogens is 4. The van der Waals surface area contributed by atoms with Crippen LogP contribution in [-0.4, -0.2) is 31.3 Å². The predicted octanol–water partition coefficient (Wildman–Crippen LogP) is 1.36. The molecule has 0 aliphatic carbocycles. The Labute approximate surface area is 111 Å². The Morgan fingerprint density at radius 2 is 2.11 bits per heavy atom. The summed E-state index contributed by atoms with van der Waals surface area (Å²) in [6.07, 6.45) is 0.624. The van der Waals surface area contributed by atoms with Crippen molar-refractivity contribution < 1.29 is 9.90 Å². The second-order valence-corrected chi connectivity index (χ2v) is 4.56. The van der Waals surface area contributed by atoms with Crippen LogP contribution in [-0.2, 0) is 17.8 Å². The maximum atomic E-state index is 10.6. The third-order valence-corrected chi connectivity index (χ3v) is 3.08. The van der Waals surface area contributed by atoms with Crippen molar-refractivity contribution in [2.75, 3.05) is 0 Å². The molecule has 2 aromatic rings. The highest BCUT2D eigenvalue weighted by atomic mass is 16.4. The van der Waals surface area contributed by atoms with Gasteiger partial charge in [0, 0.05) is 6.42 Å². The molecule has 6 heteroatoms. The molecular formula is C13H16N4O2. The molecule has 1 aromatic carbocycles. The van der Waals surface area contributed by atoms with E-state index in [2.05, 4.69) is 41.5 Å². The molecule has 1 N–H and O–H groups in total. The molecule has 19 heavy (non-hydrogen) atoms. The zero-order chi connectivity index (χ0) is 13.8. The van der Waals surface area contributed by atoms with Crippen LogP contribution < -0.4 is 0 Å². The monoisotopic (exact) mass is 260 g/mol. The maximum absolute atomic E-state index is 10.6. The summed E-state index contributed by atoms with van der Waals surface area (Å²) in [7, 11) is 0. The molecule has 0 atom stereocenters. The third-order valence-electron chi connectivity index (χ3n) is 3.08. The van der Waals surface area contributed by atoms with E-state index < -0.39 is 5.97 Å². The molecule has 0 saturated heterocycles. The van der Waals surface area contributed by atoms with E-state index in [9.17, 15) is 4.79 Å². The van der Waals surface area contributed by atoms with Gasteiger partial charge in [0.1, 0.15) is 0 Å².